The number of para-hydroxylation sites is 1. The maximum absolute atomic E-state index is 3.88. The molecule has 1 aliphatic heterocycles. The normalized spacial score (nSPS) is 11.6. The Bertz CT molecular complexity index is 2790. The van der Waals surface area contributed by atoms with Crippen molar-refractivity contribution in [3.63, 3.8) is 0 Å². The number of nitrogens with one attached hydrogen (secondary N) is 2. The van der Waals surface area contributed by atoms with E-state index in [0.29, 0.717) is 0 Å². The van der Waals surface area contributed by atoms with Gasteiger partial charge in [-0.1, -0.05) is 140 Å². The molecule has 1 heterocycles. The minimum absolute atomic E-state index is 1.07. The molecule has 9 aromatic carbocycles. The van der Waals surface area contributed by atoms with E-state index < -0.39 is 0 Å². The highest BCUT2D eigenvalue weighted by molar-refractivity contribution is 6.02. The highest BCUT2D eigenvalue weighted by atomic mass is 14.9. The van der Waals surface area contributed by atoms with Crippen LogP contribution < -0.4 is 10.6 Å². The quantitative estimate of drug-likeness (QED) is 0.196. The van der Waals surface area contributed by atoms with E-state index in [2.05, 4.69) is 205 Å². The Labute approximate surface area is 303 Å². The summed E-state index contributed by atoms with van der Waals surface area (Å²) in [4.78, 5) is 0. The van der Waals surface area contributed by atoms with Gasteiger partial charge in [-0.25, -0.2) is 0 Å². The molecule has 0 atom stereocenters. The summed E-state index contributed by atoms with van der Waals surface area (Å²) in [5.41, 5.74) is 16.1. The lowest BCUT2D eigenvalue weighted by Gasteiger charge is -2.22. The predicted octanol–water partition coefficient (Wildman–Crippen LogP) is 14.1. The molecule has 0 spiro atoms. The molecule has 1 aliphatic rings. The molecule has 0 radical (unpaired) electrons. The molecule has 244 valence electrons. The van der Waals surface area contributed by atoms with Crippen molar-refractivity contribution in [1.82, 2.24) is 0 Å². The second kappa shape index (κ2) is 12.5. The van der Waals surface area contributed by atoms with E-state index in [-0.39, 0.29) is 0 Å². The molecule has 52 heavy (non-hydrogen) atoms. The first-order chi connectivity index (χ1) is 25.7. The Balaban J connectivity index is 1.18. The van der Waals surface area contributed by atoms with Crippen LogP contribution in [0.5, 0.6) is 0 Å². The summed E-state index contributed by atoms with van der Waals surface area (Å²) in [5, 5.41) is 12.5. The SMILES string of the molecule is c1ccc(-c2cc(-c3cc4cc(c3)-c3ccccc3-c3cc5ccccc5cc3Nc3ccccc3-4)ccc2Nc2cccc3ccccc23)cc1. The molecular weight excluding hydrogens is 629 g/mol. The molecule has 0 saturated carbocycles. The van der Waals surface area contributed by atoms with E-state index in [1.54, 1.807) is 0 Å². The van der Waals surface area contributed by atoms with E-state index >= 15 is 0 Å². The van der Waals surface area contributed by atoms with Crippen molar-refractivity contribution in [2.75, 3.05) is 10.6 Å². The standard InChI is InChI=1S/C50H34N2/c1-2-13-34(14-3-1)45-30-37(25-26-49(45)51-48-24-12-18-33-15-6-7-20-42(33)48)38-27-39-29-40(28-38)43-21-10-11-23-47(43)52-50-32-36-17-5-4-16-35(36)31-46(50)44-22-9-8-19-41(39)44/h1-32,51-52H. The van der Waals surface area contributed by atoms with Crippen LogP contribution in [0.25, 0.3) is 77.2 Å². The number of fused-ring (bicyclic) bond motifs is 10. The summed E-state index contributed by atoms with van der Waals surface area (Å²) < 4.78 is 0. The highest BCUT2D eigenvalue weighted by Gasteiger charge is 2.19. The van der Waals surface area contributed by atoms with Crippen LogP contribution in [-0.4, -0.2) is 0 Å². The molecule has 0 aromatic heterocycles. The van der Waals surface area contributed by atoms with Crippen LogP contribution in [0.2, 0.25) is 0 Å². The van der Waals surface area contributed by atoms with Crippen molar-refractivity contribution in [2.24, 2.45) is 0 Å². The van der Waals surface area contributed by atoms with E-state index in [4.69, 9.17) is 0 Å². The Morgan fingerprint density at radius 2 is 0.923 bits per heavy atom. The summed E-state index contributed by atoms with van der Waals surface area (Å²) in [6.07, 6.45) is 0. The largest absolute Gasteiger partial charge is 0.355 e. The van der Waals surface area contributed by atoms with Crippen LogP contribution >= 0.6 is 0 Å². The minimum atomic E-state index is 1.07. The van der Waals surface area contributed by atoms with Gasteiger partial charge in [0.15, 0.2) is 0 Å². The third kappa shape index (κ3) is 5.30. The molecule has 0 saturated heterocycles. The van der Waals surface area contributed by atoms with Crippen LogP contribution in [0.1, 0.15) is 0 Å². The fourth-order valence-electron chi connectivity index (χ4n) is 7.80. The van der Waals surface area contributed by atoms with Gasteiger partial charge in [-0.2, -0.15) is 0 Å². The molecule has 0 amide bonds. The Hall–Kier alpha value is -6.90. The van der Waals surface area contributed by atoms with Crippen LogP contribution in [0.4, 0.5) is 22.7 Å². The third-order valence-electron chi connectivity index (χ3n) is 10.4. The van der Waals surface area contributed by atoms with Crippen molar-refractivity contribution in [2.45, 2.75) is 0 Å². The number of hydrogen-bond acceptors (Lipinski definition) is 2. The summed E-state index contributed by atoms with van der Waals surface area (Å²) in [5.74, 6) is 0. The minimum Gasteiger partial charge on any atom is -0.355 e. The van der Waals surface area contributed by atoms with Crippen LogP contribution in [0, 0.1) is 0 Å². The van der Waals surface area contributed by atoms with Crippen molar-refractivity contribution in [1.29, 1.82) is 0 Å². The van der Waals surface area contributed by atoms with Gasteiger partial charge in [0.1, 0.15) is 0 Å². The van der Waals surface area contributed by atoms with E-state index in [1.807, 2.05) is 0 Å². The summed E-state index contributed by atoms with van der Waals surface area (Å²) >= 11 is 0. The topological polar surface area (TPSA) is 24.1 Å². The van der Waals surface area contributed by atoms with Crippen molar-refractivity contribution >= 4 is 44.3 Å². The first kappa shape index (κ1) is 30.0. The van der Waals surface area contributed by atoms with Gasteiger partial charge in [0.2, 0.25) is 0 Å². The maximum atomic E-state index is 3.88. The van der Waals surface area contributed by atoms with Gasteiger partial charge < -0.3 is 10.6 Å². The number of anilines is 4. The average molecular weight is 663 g/mol. The molecule has 2 bridgehead atoms. The second-order valence-corrected chi connectivity index (χ2v) is 13.5. The van der Waals surface area contributed by atoms with Crippen LogP contribution in [-0.2, 0) is 0 Å². The van der Waals surface area contributed by atoms with Gasteiger partial charge in [0, 0.05) is 44.8 Å². The molecule has 0 aliphatic carbocycles. The zero-order valence-electron chi connectivity index (χ0n) is 28.5. The Kier molecular flexibility index (Phi) is 7.18. The lowest BCUT2D eigenvalue weighted by atomic mass is 9.87. The zero-order valence-corrected chi connectivity index (χ0v) is 28.5. The molecule has 0 unspecified atom stereocenters. The number of hydrogen-bond donors (Lipinski definition) is 2. The highest BCUT2D eigenvalue weighted by Crippen LogP contribution is 2.45. The van der Waals surface area contributed by atoms with Crippen LogP contribution in [0.3, 0.4) is 0 Å². The molecule has 10 rings (SSSR count). The van der Waals surface area contributed by atoms with Gasteiger partial charge in [-0.05, 0) is 110 Å². The first-order valence-electron chi connectivity index (χ1n) is 17.8. The summed E-state index contributed by atoms with van der Waals surface area (Å²) in [6.45, 7) is 0. The molecule has 2 N–H and O–H groups in total. The maximum Gasteiger partial charge on any atom is 0.0470 e. The Morgan fingerprint density at radius 1 is 0.288 bits per heavy atom. The lowest BCUT2D eigenvalue weighted by Crippen LogP contribution is -1.99. The number of benzene rings is 9. The zero-order chi connectivity index (χ0) is 34.4. The van der Waals surface area contributed by atoms with E-state index in [0.717, 1.165) is 33.9 Å². The van der Waals surface area contributed by atoms with Gasteiger partial charge in [-0.15, -0.1) is 0 Å². The summed E-state index contributed by atoms with van der Waals surface area (Å²) in [6, 6.07) is 70.3. The van der Waals surface area contributed by atoms with Gasteiger partial charge in [0.25, 0.3) is 0 Å². The van der Waals surface area contributed by atoms with Crippen LogP contribution in [0.15, 0.2) is 194 Å². The molecule has 2 heteroatoms. The van der Waals surface area contributed by atoms with Crippen molar-refractivity contribution in [3.05, 3.63) is 194 Å². The smallest absolute Gasteiger partial charge is 0.0470 e. The summed E-state index contributed by atoms with van der Waals surface area (Å²) in [7, 11) is 0. The number of rotatable bonds is 4. The van der Waals surface area contributed by atoms with Crippen molar-refractivity contribution in [3.8, 4) is 55.6 Å². The van der Waals surface area contributed by atoms with Gasteiger partial charge in [0.05, 0.1) is 0 Å². The van der Waals surface area contributed by atoms with E-state index in [9.17, 15) is 0 Å². The molecule has 0 fully saturated rings. The lowest BCUT2D eigenvalue weighted by molar-refractivity contribution is 1.50. The van der Waals surface area contributed by atoms with Gasteiger partial charge >= 0.3 is 0 Å². The fourth-order valence-corrected chi connectivity index (χ4v) is 7.80. The molecule has 9 aromatic rings. The van der Waals surface area contributed by atoms with Gasteiger partial charge in [-0.3, -0.25) is 0 Å². The first-order valence-corrected chi connectivity index (χ1v) is 17.8. The van der Waals surface area contributed by atoms with E-state index in [1.165, 1.54) is 66.1 Å². The average Bonchev–Trinajstić information content (AvgIpc) is 3.21. The Morgan fingerprint density at radius 3 is 1.77 bits per heavy atom. The predicted molar refractivity (Wildman–Crippen MR) is 222 cm³/mol. The van der Waals surface area contributed by atoms with Crippen molar-refractivity contribution < 1.29 is 0 Å². The third-order valence-corrected chi connectivity index (χ3v) is 10.4. The monoisotopic (exact) mass is 662 g/mol. The fraction of sp³-hybridized carbons (Fsp3) is 0. The molecular formula is C50H34N2. The second-order valence-electron chi connectivity index (χ2n) is 13.5. The molecule has 2 nitrogen and oxygen atoms in total.